The standard InChI is InChI=1S/C21H27ClN6O7S/c1-20(2)17(30)28(19(32)26(20)3)11-21(16(29)24-18(31)25-21)12-36(33,34)27-8-6-14(7-9-27)35-15-5-4-13(22)10-23-15/h4-5,10,14H,6-9,11-12H2,1-3H3,(H2,24,25,29,31). The van der Waals surface area contributed by atoms with E-state index in [1.54, 1.807) is 12.1 Å². The van der Waals surface area contributed by atoms with Crippen LogP contribution in [0.4, 0.5) is 9.59 Å². The van der Waals surface area contributed by atoms with Gasteiger partial charge in [0.25, 0.3) is 11.8 Å². The minimum absolute atomic E-state index is 0.115. The number of carbonyl (C=O) groups excluding carboxylic acids is 4. The molecule has 0 aromatic carbocycles. The van der Waals surface area contributed by atoms with Gasteiger partial charge in [-0.3, -0.25) is 19.8 Å². The Morgan fingerprint density at radius 1 is 1.17 bits per heavy atom. The molecule has 1 atom stereocenters. The van der Waals surface area contributed by atoms with Crippen LogP contribution in [0.2, 0.25) is 5.02 Å². The molecule has 4 rings (SSSR count). The highest BCUT2D eigenvalue weighted by Crippen LogP contribution is 2.29. The van der Waals surface area contributed by atoms with Crippen molar-refractivity contribution in [2.45, 2.75) is 43.9 Å². The molecule has 3 fully saturated rings. The summed E-state index contributed by atoms with van der Waals surface area (Å²) in [7, 11) is -2.66. The Balaban J connectivity index is 1.48. The number of piperidine rings is 1. The number of sulfonamides is 1. The second kappa shape index (κ2) is 9.16. The van der Waals surface area contributed by atoms with Gasteiger partial charge in [0.05, 0.1) is 17.3 Å². The summed E-state index contributed by atoms with van der Waals surface area (Å²) >= 11 is 5.83. The Hall–Kier alpha value is -2.97. The van der Waals surface area contributed by atoms with Gasteiger partial charge in [-0.05, 0) is 32.8 Å². The first-order valence-corrected chi connectivity index (χ1v) is 13.2. The zero-order valence-corrected chi connectivity index (χ0v) is 21.6. The summed E-state index contributed by atoms with van der Waals surface area (Å²) in [6.45, 7) is 2.69. The minimum atomic E-state index is -4.10. The Morgan fingerprint density at radius 3 is 2.33 bits per heavy atom. The molecule has 36 heavy (non-hydrogen) atoms. The number of nitrogens with one attached hydrogen (secondary N) is 2. The maximum atomic E-state index is 13.4. The first-order valence-electron chi connectivity index (χ1n) is 11.2. The zero-order chi connectivity index (χ0) is 26.5. The lowest BCUT2D eigenvalue weighted by molar-refractivity contribution is -0.133. The molecule has 2 N–H and O–H groups in total. The summed E-state index contributed by atoms with van der Waals surface area (Å²) in [4.78, 5) is 56.5. The van der Waals surface area contributed by atoms with E-state index in [9.17, 15) is 27.6 Å². The van der Waals surface area contributed by atoms with E-state index in [0.29, 0.717) is 23.7 Å². The smallest absolute Gasteiger partial charge is 0.327 e. The summed E-state index contributed by atoms with van der Waals surface area (Å²) < 4.78 is 33.7. The van der Waals surface area contributed by atoms with Gasteiger partial charge in [-0.25, -0.2) is 27.3 Å². The van der Waals surface area contributed by atoms with E-state index in [1.807, 2.05) is 5.32 Å². The number of nitrogens with zero attached hydrogens (tertiary/aromatic N) is 4. The summed E-state index contributed by atoms with van der Waals surface area (Å²) in [5, 5.41) is 4.86. The summed E-state index contributed by atoms with van der Waals surface area (Å²) in [5.74, 6) is -1.97. The van der Waals surface area contributed by atoms with Gasteiger partial charge in [-0.15, -0.1) is 0 Å². The second-order valence-corrected chi connectivity index (χ2v) is 12.0. The van der Waals surface area contributed by atoms with Crippen molar-refractivity contribution >= 4 is 45.5 Å². The number of rotatable bonds is 7. The normalized spacial score (nSPS) is 25.3. The van der Waals surface area contributed by atoms with Crippen LogP contribution in [-0.4, -0.2) is 101 Å². The minimum Gasteiger partial charge on any atom is -0.474 e. The Bertz CT molecular complexity index is 1200. The molecule has 0 saturated carbocycles. The van der Waals surface area contributed by atoms with Crippen LogP contribution in [0.15, 0.2) is 18.3 Å². The number of halogens is 1. The van der Waals surface area contributed by atoms with Crippen molar-refractivity contribution in [2.75, 3.05) is 32.4 Å². The lowest BCUT2D eigenvalue weighted by Crippen LogP contribution is -2.62. The highest BCUT2D eigenvalue weighted by molar-refractivity contribution is 7.89. The summed E-state index contributed by atoms with van der Waals surface area (Å²) in [6.07, 6.45) is 1.92. The predicted molar refractivity (Wildman–Crippen MR) is 127 cm³/mol. The van der Waals surface area contributed by atoms with E-state index in [1.165, 1.54) is 36.3 Å². The van der Waals surface area contributed by atoms with Crippen LogP contribution in [0.1, 0.15) is 26.7 Å². The molecule has 196 valence electrons. The highest BCUT2D eigenvalue weighted by Gasteiger charge is 2.57. The maximum Gasteiger partial charge on any atom is 0.327 e. The second-order valence-electron chi connectivity index (χ2n) is 9.57. The van der Waals surface area contributed by atoms with Crippen LogP contribution in [-0.2, 0) is 19.6 Å². The largest absolute Gasteiger partial charge is 0.474 e. The molecule has 1 aromatic rings. The number of hydrogen-bond acceptors (Lipinski definition) is 8. The highest BCUT2D eigenvalue weighted by atomic mass is 35.5. The average molecular weight is 543 g/mol. The first-order chi connectivity index (χ1) is 16.7. The SMILES string of the molecule is CN1C(=O)N(CC2(CS(=O)(=O)N3CCC(Oc4ccc(Cl)cn4)CC3)NC(=O)NC2=O)C(=O)C1(C)C. The Morgan fingerprint density at radius 2 is 1.83 bits per heavy atom. The van der Waals surface area contributed by atoms with Gasteiger partial charge in [-0.1, -0.05) is 11.6 Å². The van der Waals surface area contributed by atoms with Crippen molar-refractivity contribution in [3.05, 3.63) is 23.4 Å². The zero-order valence-electron chi connectivity index (χ0n) is 20.0. The van der Waals surface area contributed by atoms with Crippen LogP contribution in [0.3, 0.4) is 0 Å². The fraction of sp³-hybridized carbons (Fsp3) is 0.571. The van der Waals surface area contributed by atoms with Crippen LogP contribution in [0, 0.1) is 0 Å². The van der Waals surface area contributed by atoms with Gasteiger partial charge in [0, 0.05) is 32.4 Å². The molecule has 6 amide bonds. The maximum absolute atomic E-state index is 13.4. The van der Waals surface area contributed by atoms with E-state index >= 15 is 0 Å². The number of likely N-dealkylation sites (N-methyl/N-ethyl adjacent to an activating group) is 1. The van der Waals surface area contributed by atoms with Gasteiger partial charge < -0.3 is 15.0 Å². The van der Waals surface area contributed by atoms with E-state index < -0.39 is 57.3 Å². The third-order valence-corrected chi connectivity index (χ3v) is 9.01. The number of imide groups is 2. The van der Waals surface area contributed by atoms with E-state index in [-0.39, 0.29) is 19.2 Å². The number of amides is 6. The van der Waals surface area contributed by atoms with Crippen LogP contribution >= 0.6 is 11.6 Å². The van der Waals surface area contributed by atoms with E-state index in [0.717, 1.165) is 4.90 Å². The molecule has 0 aliphatic carbocycles. The number of carbonyl (C=O) groups is 4. The van der Waals surface area contributed by atoms with Crippen molar-refractivity contribution in [3.8, 4) is 5.88 Å². The van der Waals surface area contributed by atoms with Crippen molar-refractivity contribution in [1.29, 1.82) is 0 Å². The van der Waals surface area contributed by atoms with E-state index in [4.69, 9.17) is 16.3 Å². The van der Waals surface area contributed by atoms with Gasteiger partial charge in [0.1, 0.15) is 11.6 Å². The van der Waals surface area contributed by atoms with Gasteiger partial charge >= 0.3 is 12.1 Å². The topological polar surface area (TPSA) is 158 Å². The molecule has 1 aromatic heterocycles. The molecule has 1 unspecified atom stereocenters. The lowest BCUT2D eigenvalue weighted by Gasteiger charge is -2.35. The van der Waals surface area contributed by atoms with Gasteiger partial charge in [0.15, 0.2) is 5.54 Å². The lowest BCUT2D eigenvalue weighted by atomic mass is 10.0. The molecule has 0 bridgehead atoms. The molecule has 13 nitrogen and oxygen atoms in total. The fourth-order valence-electron chi connectivity index (χ4n) is 4.41. The van der Waals surface area contributed by atoms with Crippen molar-refractivity contribution < 1.29 is 32.3 Å². The average Bonchev–Trinajstić information content (AvgIpc) is 3.15. The van der Waals surface area contributed by atoms with Crippen LogP contribution in [0.5, 0.6) is 5.88 Å². The molecule has 4 heterocycles. The molecular formula is C21H27ClN6O7S. The quantitative estimate of drug-likeness (QED) is 0.461. The molecule has 3 aliphatic rings. The number of hydrogen-bond donors (Lipinski definition) is 2. The van der Waals surface area contributed by atoms with Gasteiger partial charge in [0.2, 0.25) is 15.9 Å². The molecule has 3 saturated heterocycles. The third-order valence-electron chi connectivity index (χ3n) is 6.78. The number of pyridine rings is 1. The summed E-state index contributed by atoms with van der Waals surface area (Å²) in [5.41, 5.74) is -3.21. The summed E-state index contributed by atoms with van der Waals surface area (Å²) in [6, 6.07) is 1.67. The van der Waals surface area contributed by atoms with Gasteiger partial charge in [-0.2, -0.15) is 0 Å². The molecule has 0 radical (unpaired) electrons. The number of aromatic nitrogens is 1. The third kappa shape index (κ3) is 4.72. The Kier molecular flexibility index (Phi) is 6.64. The van der Waals surface area contributed by atoms with Crippen molar-refractivity contribution in [1.82, 2.24) is 29.7 Å². The monoisotopic (exact) mass is 542 g/mol. The number of ether oxygens (including phenoxy) is 1. The first kappa shape index (κ1) is 26.1. The fourth-order valence-corrected chi connectivity index (χ4v) is 6.39. The number of urea groups is 2. The Labute approximate surface area is 213 Å². The molecule has 3 aliphatic heterocycles. The molecule has 0 spiro atoms. The van der Waals surface area contributed by atoms with Crippen LogP contribution < -0.4 is 15.4 Å². The molecule has 15 heteroatoms. The van der Waals surface area contributed by atoms with Crippen LogP contribution in [0.25, 0.3) is 0 Å². The predicted octanol–water partition coefficient (Wildman–Crippen LogP) is 0.159. The van der Waals surface area contributed by atoms with Crippen molar-refractivity contribution in [2.24, 2.45) is 0 Å². The van der Waals surface area contributed by atoms with Crippen molar-refractivity contribution in [3.63, 3.8) is 0 Å². The molecular weight excluding hydrogens is 516 g/mol. The van der Waals surface area contributed by atoms with E-state index in [2.05, 4.69) is 10.3 Å².